The van der Waals surface area contributed by atoms with Crippen LogP contribution in [0, 0.1) is 6.92 Å². The van der Waals surface area contributed by atoms with Crippen LogP contribution in [-0.2, 0) is 6.42 Å². The zero-order valence-electron chi connectivity index (χ0n) is 11.6. The van der Waals surface area contributed by atoms with E-state index in [9.17, 15) is 0 Å². The Morgan fingerprint density at radius 1 is 1.17 bits per heavy atom. The largest absolute Gasteiger partial charge is 0.383 e. The van der Waals surface area contributed by atoms with E-state index in [1.807, 2.05) is 6.92 Å². The first-order valence-electron chi connectivity index (χ1n) is 6.68. The summed E-state index contributed by atoms with van der Waals surface area (Å²) in [4.78, 5) is 13.7. The van der Waals surface area contributed by atoms with Crippen molar-refractivity contribution in [3.8, 4) is 0 Å². The van der Waals surface area contributed by atoms with Gasteiger partial charge >= 0.3 is 0 Å². The molecule has 1 aliphatic heterocycles. The van der Waals surface area contributed by atoms with E-state index < -0.39 is 0 Å². The standard InChI is InChI=1S/C13H23N5/c1-4-5-11-15-12(14)10(2)13(16-11)18-8-6-17(3)7-9-18/h4-9H2,1-3H3,(H2,14,15,16). The van der Waals surface area contributed by atoms with Gasteiger partial charge in [-0.25, -0.2) is 9.97 Å². The lowest BCUT2D eigenvalue weighted by molar-refractivity contribution is 0.312. The summed E-state index contributed by atoms with van der Waals surface area (Å²) in [7, 11) is 2.15. The summed E-state index contributed by atoms with van der Waals surface area (Å²) in [6, 6.07) is 0. The van der Waals surface area contributed by atoms with Gasteiger partial charge in [0, 0.05) is 38.2 Å². The Morgan fingerprint density at radius 3 is 2.44 bits per heavy atom. The highest BCUT2D eigenvalue weighted by atomic mass is 15.3. The molecule has 2 rings (SSSR count). The van der Waals surface area contributed by atoms with Crippen molar-refractivity contribution in [3.63, 3.8) is 0 Å². The number of likely N-dealkylation sites (N-methyl/N-ethyl adjacent to an activating group) is 1. The number of piperazine rings is 1. The zero-order chi connectivity index (χ0) is 13.1. The highest BCUT2D eigenvalue weighted by Gasteiger charge is 2.19. The summed E-state index contributed by atoms with van der Waals surface area (Å²) in [6.07, 6.45) is 1.94. The number of hydrogen-bond donors (Lipinski definition) is 1. The van der Waals surface area contributed by atoms with Gasteiger partial charge in [0.05, 0.1) is 0 Å². The molecule has 1 aromatic heterocycles. The average molecular weight is 249 g/mol. The Balaban J connectivity index is 2.25. The predicted octanol–water partition coefficient (Wildman–Crippen LogP) is 1.07. The van der Waals surface area contributed by atoms with Gasteiger partial charge < -0.3 is 15.5 Å². The van der Waals surface area contributed by atoms with Crippen LogP contribution < -0.4 is 10.6 Å². The Kier molecular flexibility index (Phi) is 4.01. The van der Waals surface area contributed by atoms with Gasteiger partial charge in [-0.15, -0.1) is 0 Å². The summed E-state index contributed by atoms with van der Waals surface area (Å²) >= 11 is 0. The van der Waals surface area contributed by atoms with Gasteiger partial charge in [0.1, 0.15) is 17.5 Å². The van der Waals surface area contributed by atoms with Crippen LogP contribution >= 0.6 is 0 Å². The van der Waals surface area contributed by atoms with Gasteiger partial charge in [-0.05, 0) is 20.4 Å². The van der Waals surface area contributed by atoms with Crippen molar-refractivity contribution >= 4 is 11.6 Å². The molecule has 0 spiro atoms. The Hall–Kier alpha value is -1.36. The molecule has 5 nitrogen and oxygen atoms in total. The van der Waals surface area contributed by atoms with E-state index in [0.29, 0.717) is 5.82 Å². The van der Waals surface area contributed by atoms with Crippen LogP contribution in [0.15, 0.2) is 0 Å². The van der Waals surface area contributed by atoms with Crippen LogP contribution in [0.3, 0.4) is 0 Å². The van der Waals surface area contributed by atoms with Gasteiger partial charge in [-0.1, -0.05) is 6.92 Å². The first-order chi connectivity index (χ1) is 8.61. The normalized spacial score (nSPS) is 17.2. The zero-order valence-corrected chi connectivity index (χ0v) is 11.6. The summed E-state index contributed by atoms with van der Waals surface area (Å²) in [6.45, 7) is 8.32. The molecule has 0 unspecified atom stereocenters. The quantitative estimate of drug-likeness (QED) is 0.868. The molecule has 5 heteroatoms. The predicted molar refractivity (Wildman–Crippen MR) is 74.9 cm³/mol. The van der Waals surface area contributed by atoms with Gasteiger partial charge in [0.15, 0.2) is 0 Å². The summed E-state index contributed by atoms with van der Waals surface area (Å²) in [5.41, 5.74) is 7.01. The number of nitrogen functional groups attached to an aromatic ring is 1. The third-order valence-electron chi connectivity index (χ3n) is 3.48. The molecule has 1 saturated heterocycles. The molecule has 0 bridgehead atoms. The lowest BCUT2D eigenvalue weighted by atomic mass is 10.2. The fourth-order valence-corrected chi connectivity index (χ4v) is 2.23. The van der Waals surface area contributed by atoms with Crippen molar-refractivity contribution in [2.75, 3.05) is 43.9 Å². The van der Waals surface area contributed by atoms with Crippen LogP contribution in [0.4, 0.5) is 11.6 Å². The Bertz CT molecular complexity index is 410. The molecular weight excluding hydrogens is 226 g/mol. The molecule has 1 fully saturated rings. The number of rotatable bonds is 3. The number of anilines is 2. The molecule has 2 heterocycles. The van der Waals surface area contributed by atoms with Crippen molar-refractivity contribution in [2.45, 2.75) is 26.7 Å². The van der Waals surface area contributed by atoms with E-state index in [4.69, 9.17) is 5.73 Å². The smallest absolute Gasteiger partial charge is 0.137 e. The van der Waals surface area contributed by atoms with Crippen LogP contribution in [-0.4, -0.2) is 48.1 Å². The molecule has 2 N–H and O–H groups in total. The van der Waals surface area contributed by atoms with E-state index in [1.165, 1.54) is 0 Å². The fraction of sp³-hybridized carbons (Fsp3) is 0.692. The molecule has 1 aromatic rings. The molecule has 1 aliphatic rings. The van der Waals surface area contributed by atoms with E-state index in [1.54, 1.807) is 0 Å². The van der Waals surface area contributed by atoms with Crippen molar-refractivity contribution in [1.82, 2.24) is 14.9 Å². The first-order valence-corrected chi connectivity index (χ1v) is 6.68. The number of hydrogen-bond acceptors (Lipinski definition) is 5. The van der Waals surface area contributed by atoms with E-state index >= 15 is 0 Å². The average Bonchev–Trinajstić information content (AvgIpc) is 2.35. The second-order valence-electron chi connectivity index (χ2n) is 5.01. The second-order valence-corrected chi connectivity index (χ2v) is 5.01. The highest BCUT2D eigenvalue weighted by Crippen LogP contribution is 2.22. The van der Waals surface area contributed by atoms with Crippen molar-refractivity contribution < 1.29 is 0 Å². The Morgan fingerprint density at radius 2 is 1.83 bits per heavy atom. The third-order valence-corrected chi connectivity index (χ3v) is 3.48. The van der Waals surface area contributed by atoms with Gasteiger partial charge in [-0.2, -0.15) is 0 Å². The highest BCUT2D eigenvalue weighted by molar-refractivity contribution is 5.56. The summed E-state index contributed by atoms with van der Waals surface area (Å²) < 4.78 is 0. The van der Waals surface area contributed by atoms with E-state index in [-0.39, 0.29) is 0 Å². The molecule has 18 heavy (non-hydrogen) atoms. The van der Waals surface area contributed by atoms with E-state index in [2.05, 4.69) is 33.7 Å². The minimum atomic E-state index is 0.627. The van der Waals surface area contributed by atoms with Crippen LogP contribution in [0.5, 0.6) is 0 Å². The van der Waals surface area contributed by atoms with Gasteiger partial charge in [0.2, 0.25) is 0 Å². The minimum absolute atomic E-state index is 0.627. The van der Waals surface area contributed by atoms with Crippen LogP contribution in [0.1, 0.15) is 24.7 Å². The van der Waals surface area contributed by atoms with Gasteiger partial charge in [0.25, 0.3) is 0 Å². The second kappa shape index (κ2) is 5.52. The maximum atomic E-state index is 6.00. The molecule has 0 atom stereocenters. The first kappa shape index (κ1) is 13.1. The van der Waals surface area contributed by atoms with E-state index in [0.717, 1.165) is 56.2 Å². The molecule has 0 amide bonds. The molecular formula is C13H23N5. The fourth-order valence-electron chi connectivity index (χ4n) is 2.23. The summed E-state index contributed by atoms with van der Waals surface area (Å²) in [5.74, 6) is 2.52. The molecule has 0 radical (unpaired) electrons. The van der Waals surface area contributed by atoms with Crippen molar-refractivity contribution in [1.29, 1.82) is 0 Å². The van der Waals surface area contributed by atoms with Crippen molar-refractivity contribution in [3.05, 3.63) is 11.4 Å². The molecule has 0 aliphatic carbocycles. The number of aromatic nitrogens is 2. The lowest BCUT2D eigenvalue weighted by Crippen LogP contribution is -2.45. The SMILES string of the molecule is CCCc1nc(N)c(C)c(N2CCN(C)CC2)n1. The maximum absolute atomic E-state index is 6.00. The lowest BCUT2D eigenvalue weighted by Gasteiger charge is -2.34. The monoisotopic (exact) mass is 249 g/mol. The maximum Gasteiger partial charge on any atom is 0.137 e. The number of aryl methyl sites for hydroxylation is 1. The Labute approximate surface area is 109 Å². The van der Waals surface area contributed by atoms with Crippen LogP contribution in [0.2, 0.25) is 0 Å². The minimum Gasteiger partial charge on any atom is -0.383 e. The summed E-state index contributed by atoms with van der Waals surface area (Å²) in [5, 5.41) is 0. The molecule has 0 aromatic carbocycles. The van der Waals surface area contributed by atoms with Crippen LogP contribution in [0.25, 0.3) is 0 Å². The number of nitrogens with two attached hydrogens (primary N) is 1. The molecule has 100 valence electrons. The third kappa shape index (κ3) is 2.72. The molecule has 0 saturated carbocycles. The number of nitrogens with zero attached hydrogens (tertiary/aromatic N) is 4. The van der Waals surface area contributed by atoms with Crippen molar-refractivity contribution in [2.24, 2.45) is 0 Å². The van der Waals surface area contributed by atoms with Gasteiger partial charge in [-0.3, -0.25) is 0 Å². The topological polar surface area (TPSA) is 58.3 Å².